The number of hydrogen-bond donors (Lipinski definition) is 0. The largest absolute Gasteiger partial charge is 0.743 e. The minimum Gasteiger partial charge on any atom is -0.743 e. The van der Waals surface area contributed by atoms with Crippen molar-refractivity contribution in [1.29, 1.82) is 0 Å². The molecule has 3 rings (SSSR count). The molecule has 0 aliphatic carbocycles. The molecule has 3 aromatic carbocycles. The second kappa shape index (κ2) is 10.8. The van der Waals surface area contributed by atoms with Crippen molar-refractivity contribution in [3.05, 3.63) is 90.0 Å². The smallest absolute Gasteiger partial charge is 0.402 e. The minimum atomic E-state index is -6.82. The highest BCUT2D eigenvalue weighted by Gasteiger charge is 2.67. The summed E-state index contributed by atoms with van der Waals surface area (Å²) >= 11 is 0. The van der Waals surface area contributed by atoms with E-state index < -0.39 is 27.7 Å². The molecule has 184 valence electrons. The number of halogens is 6. The van der Waals surface area contributed by atoms with Gasteiger partial charge in [0.2, 0.25) is 0 Å². The van der Waals surface area contributed by atoms with Gasteiger partial charge in [-0.05, 0) is 50.2 Å². The third-order valence-corrected chi connectivity index (χ3v) is 7.60. The van der Waals surface area contributed by atoms with Crippen molar-refractivity contribution in [2.75, 3.05) is 0 Å². The summed E-state index contributed by atoms with van der Waals surface area (Å²) in [6.07, 6.45) is -4.94. The van der Waals surface area contributed by atoms with Crippen LogP contribution in [0.25, 0.3) is 0 Å². The molecule has 0 atom stereocenters. The summed E-state index contributed by atoms with van der Waals surface area (Å²) in [4.78, 5) is 4.11. The second-order valence-corrected chi connectivity index (χ2v) is 10.6. The van der Waals surface area contributed by atoms with Crippen LogP contribution >= 0.6 is 0 Å². The molecular formula is C23H20F6O3S2. The molecule has 0 bridgehead atoms. The van der Waals surface area contributed by atoms with Crippen LogP contribution in [0, 0.1) is 13.8 Å². The number of alkyl halides is 6. The highest BCUT2D eigenvalue weighted by Crippen LogP contribution is 2.42. The van der Waals surface area contributed by atoms with Gasteiger partial charge in [-0.2, -0.15) is 17.6 Å². The molecule has 0 unspecified atom stereocenters. The first-order chi connectivity index (χ1) is 15.7. The fourth-order valence-corrected chi connectivity index (χ4v) is 5.09. The van der Waals surface area contributed by atoms with Crippen LogP contribution in [-0.4, -0.2) is 30.6 Å². The Morgan fingerprint density at radius 3 is 1.35 bits per heavy atom. The van der Waals surface area contributed by atoms with Crippen LogP contribution < -0.4 is 0 Å². The molecule has 0 aromatic heterocycles. The summed E-state index contributed by atoms with van der Waals surface area (Å²) in [5.41, 5.74) is 2.61. The van der Waals surface area contributed by atoms with Gasteiger partial charge < -0.3 is 4.55 Å². The highest BCUT2D eigenvalue weighted by molar-refractivity contribution is 7.97. The van der Waals surface area contributed by atoms with Crippen LogP contribution in [0.3, 0.4) is 0 Å². The van der Waals surface area contributed by atoms with Gasteiger partial charge in [-0.15, -0.1) is 0 Å². The molecule has 0 saturated heterocycles. The molecule has 11 heteroatoms. The monoisotopic (exact) mass is 522 g/mol. The summed E-state index contributed by atoms with van der Waals surface area (Å²) in [6, 6.07) is 28.6. The Bertz CT molecular complexity index is 1120. The predicted octanol–water partition coefficient (Wildman–Crippen LogP) is 6.42. The lowest BCUT2D eigenvalue weighted by atomic mass is 10.2. The van der Waals surface area contributed by atoms with Crippen LogP contribution in [0.15, 0.2) is 93.5 Å². The molecule has 3 aromatic rings. The lowest BCUT2D eigenvalue weighted by Gasteiger charge is -2.27. The molecule has 0 heterocycles. The molecule has 0 aliphatic rings. The quantitative estimate of drug-likeness (QED) is 0.213. The zero-order chi connectivity index (χ0) is 25.7. The first-order valence-electron chi connectivity index (χ1n) is 9.60. The SMILES string of the molecule is Cc1ccc([S+](c2ccccc2)c2ccc(C)cc2)cc1.O=S(=O)([O-])C(F)(F)C(F)(F)C(F)F. The fraction of sp³-hybridized carbons (Fsp3) is 0.217. The molecule has 0 fully saturated rings. The standard InChI is InChI=1S/C20H19S.C3H2F6O3S/c1-16-8-12-19(13-9-16)21(18-6-4-3-5-7-18)20-14-10-17(2)11-15-20;4-1(5)2(6,7)3(8,9)13(10,11)12/h3-15H,1-2H3;1H,(H,10,11,12)/q+1;/p-1. The van der Waals surface area contributed by atoms with Crippen molar-refractivity contribution >= 4 is 21.0 Å². The molecule has 0 aliphatic heterocycles. The number of hydrogen-bond acceptors (Lipinski definition) is 3. The zero-order valence-electron chi connectivity index (χ0n) is 17.9. The highest BCUT2D eigenvalue weighted by atomic mass is 32.2. The van der Waals surface area contributed by atoms with E-state index >= 15 is 0 Å². The van der Waals surface area contributed by atoms with Crippen molar-refractivity contribution in [2.45, 2.75) is 46.1 Å². The number of aryl methyl sites for hydroxylation is 2. The zero-order valence-corrected chi connectivity index (χ0v) is 19.5. The Hall–Kier alpha value is -2.50. The van der Waals surface area contributed by atoms with Crippen LogP contribution in [-0.2, 0) is 21.0 Å². The van der Waals surface area contributed by atoms with Crippen LogP contribution in [0.2, 0.25) is 0 Å². The lowest BCUT2D eigenvalue weighted by molar-refractivity contribution is -0.227. The van der Waals surface area contributed by atoms with E-state index in [-0.39, 0.29) is 10.9 Å². The summed E-state index contributed by atoms with van der Waals surface area (Å²) < 4.78 is 98.0. The maximum atomic E-state index is 11.8. The van der Waals surface area contributed by atoms with Gasteiger partial charge in [-0.25, -0.2) is 17.2 Å². The summed E-state index contributed by atoms with van der Waals surface area (Å²) in [7, 11) is -6.85. The average molecular weight is 523 g/mol. The van der Waals surface area contributed by atoms with Crippen molar-refractivity contribution in [3.8, 4) is 0 Å². The molecule has 3 nitrogen and oxygen atoms in total. The normalized spacial score (nSPS) is 12.4. The van der Waals surface area contributed by atoms with Crippen LogP contribution in [0.4, 0.5) is 26.3 Å². The Morgan fingerprint density at radius 1 is 0.706 bits per heavy atom. The van der Waals surface area contributed by atoms with Gasteiger partial charge in [0.25, 0.3) is 0 Å². The number of benzene rings is 3. The third-order valence-electron chi connectivity index (χ3n) is 4.47. The number of rotatable bonds is 6. The van der Waals surface area contributed by atoms with E-state index in [0.717, 1.165) is 0 Å². The fourth-order valence-electron chi connectivity index (χ4n) is 2.61. The molecule has 0 saturated carbocycles. The van der Waals surface area contributed by atoms with E-state index in [2.05, 4.69) is 92.7 Å². The van der Waals surface area contributed by atoms with Crippen LogP contribution in [0.5, 0.6) is 0 Å². The topological polar surface area (TPSA) is 57.2 Å². The molecule has 0 spiro atoms. The van der Waals surface area contributed by atoms with E-state index in [0.29, 0.717) is 0 Å². The van der Waals surface area contributed by atoms with Gasteiger partial charge in [0.15, 0.2) is 24.8 Å². The van der Waals surface area contributed by atoms with Crippen molar-refractivity contribution in [3.63, 3.8) is 0 Å². The molecule has 0 N–H and O–H groups in total. The van der Waals surface area contributed by atoms with E-state index in [1.54, 1.807) is 0 Å². The molecular weight excluding hydrogens is 502 g/mol. The van der Waals surface area contributed by atoms with Gasteiger partial charge in [0.05, 0.1) is 10.9 Å². The van der Waals surface area contributed by atoms with Gasteiger partial charge in [-0.1, -0.05) is 53.6 Å². The Morgan fingerprint density at radius 2 is 1.06 bits per heavy atom. The van der Waals surface area contributed by atoms with Crippen LogP contribution in [0.1, 0.15) is 11.1 Å². The van der Waals surface area contributed by atoms with Gasteiger partial charge in [0, 0.05) is 0 Å². The Balaban J connectivity index is 0.000000273. The summed E-state index contributed by atoms with van der Waals surface area (Å²) in [5, 5.41) is -6.31. The van der Waals surface area contributed by atoms with E-state index in [1.165, 1.54) is 25.8 Å². The second-order valence-electron chi connectivity index (χ2n) is 7.14. The first-order valence-corrected chi connectivity index (χ1v) is 12.2. The van der Waals surface area contributed by atoms with Gasteiger partial charge in [0.1, 0.15) is 0 Å². The van der Waals surface area contributed by atoms with E-state index in [9.17, 15) is 39.3 Å². The average Bonchev–Trinajstić information content (AvgIpc) is 2.77. The Kier molecular flexibility index (Phi) is 8.84. The maximum Gasteiger partial charge on any atom is 0.402 e. The molecule has 34 heavy (non-hydrogen) atoms. The van der Waals surface area contributed by atoms with Gasteiger partial charge >= 0.3 is 17.6 Å². The first kappa shape index (κ1) is 27.7. The predicted molar refractivity (Wildman–Crippen MR) is 117 cm³/mol. The molecule has 0 amide bonds. The third kappa shape index (κ3) is 6.34. The van der Waals surface area contributed by atoms with Crippen molar-refractivity contribution < 1.29 is 39.3 Å². The van der Waals surface area contributed by atoms with Crippen molar-refractivity contribution in [1.82, 2.24) is 0 Å². The van der Waals surface area contributed by atoms with E-state index in [1.807, 2.05) is 0 Å². The summed E-state index contributed by atoms with van der Waals surface area (Å²) in [5.74, 6) is -6.19. The lowest BCUT2D eigenvalue weighted by Crippen LogP contribution is -2.51. The molecule has 0 radical (unpaired) electrons. The van der Waals surface area contributed by atoms with Crippen molar-refractivity contribution in [2.24, 2.45) is 0 Å². The maximum absolute atomic E-state index is 11.8. The summed E-state index contributed by atoms with van der Waals surface area (Å²) in [6.45, 7) is 4.27. The Labute approximate surface area is 196 Å². The van der Waals surface area contributed by atoms with E-state index in [4.69, 9.17) is 0 Å². The van der Waals surface area contributed by atoms with Gasteiger partial charge in [-0.3, -0.25) is 0 Å². The minimum absolute atomic E-state index is 0.0312.